The predicted molar refractivity (Wildman–Crippen MR) is 132 cm³/mol. The summed E-state index contributed by atoms with van der Waals surface area (Å²) in [6.07, 6.45) is 1.58. The van der Waals surface area contributed by atoms with E-state index >= 15 is 0 Å². The van der Waals surface area contributed by atoms with Gasteiger partial charge in [0.15, 0.2) is 5.75 Å². The average Bonchev–Trinajstić information content (AvgIpc) is 3.00. The molecule has 3 aromatic rings. The Morgan fingerprint density at radius 1 is 0.969 bits per heavy atom. The van der Waals surface area contributed by atoms with Crippen molar-refractivity contribution in [3.05, 3.63) is 97.3 Å². The number of halogens is 3. The molecule has 4 rings (SSSR count). The van der Waals surface area contributed by atoms with Crippen LogP contribution in [0.1, 0.15) is 16.7 Å². The van der Waals surface area contributed by atoms with Crippen LogP contribution in [-0.4, -0.2) is 11.1 Å². The van der Waals surface area contributed by atoms with Gasteiger partial charge in [0.2, 0.25) is 0 Å². The van der Waals surface area contributed by atoms with Gasteiger partial charge in [-0.05, 0) is 66.2 Å². The van der Waals surface area contributed by atoms with Crippen molar-refractivity contribution in [1.82, 2.24) is 0 Å². The zero-order valence-electron chi connectivity index (χ0n) is 16.8. The first-order valence-electron chi connectivity index (χ1n) is 9.53. The number of ether oxygens (including phenoxy) is 1. The zero-order valence-corrected chi connectivity index (χ0v) is 19.9. The molecule has 1 aliphatic rings. The molecule has 0 saturated carbocycles. The Hall–Kier alpha value is -2.44. The maximum absolute atomic E-state index is 12.8. The normalized spacial score (nSPS) is 15.0. The molecule has 1 saturated heterocycles. The summed E-state index contributed by atoms with van der Waals surface area (Å²) in [7, 11) is 0. The summed E-state index contributed by atoms with van der Waals surface area (Å²) in [6.45, 7) is 2.32. The van der Waals surface area contributed by atoms with Crippen LogP contribution in [0, 0.1) is 6.92 Å². The van der Waals surface area contributed by atoms with E-state index in [9.17, 15) is 9.59 Å². The number of carbonyl (C=O) groups is 2. The highest BCUT2D eigenvalue weighted by atomic mass is 35.5. The number of hydrogen-bond donors (Lipinski definition) is 0. The summed E-state index contributed by atoms with van der Waals surface area (Å²) in [5, 5.41) is 0.653. The van der Waals surface area contributed by atoms with Crippen LogP contribution in [0.5, 0.6) is 5.75 Å². The van der Waals surface area contributed by atoms with Crippen LogP contribution in [0.25, 0.3) is 6.08 Å². The number of benzene rings is 3. The highest BCUT2D eigenvalue weighted by Crippen LogP contribution is 2.39. The second kappa shape index (κ2) is 9.59. The fourth-order valence-electron chi connectivity index (χ4n) is 3.22. The monoisotopic (exact) mass is 503 g/mol. The molecule has 162 valence electrons. The van der Waals surface area contributed by atoms with Gasteiger partial charge in [-0.25, -0.2) is 4.90 Å². The second-order valence-corrected chi connectivity index (χ2v) is 9.33. The van der Waals surface area contributed by atoms with Crippen molar-refractivity contribution in [1.29, 1.82) is 0 Å². The number of anilines is 1. The maximum atomic E-state index is 12.8. The van der Waals surface area contributed by atoms with Crippen molar-refractivity contribution in [2.24, 2.45) is 0 Å². The highest BCUT2D eigenvalue weighted by molar-refractivity contribution is 8.19. The van der Waals surface area contributed by atoms with E-state index in [2.05, 4.69) is 0 Å². The molecule has 1 fully saturated rings. The second-order valence-electron chi connectivity index (χ2n) is 7.09. The number of carbonyl (C=O) groups excluding carboxylic acids is 2. The molecule has 0 bridgehead atoms. The van der Waals surface area contributed by atoms with Gasteiger partial charge in [-0.3, -0.25) is 9.59 Å². The SMILES string of the molecule is Cc1cccc(COc2c(Cl)cc(/C=C3/SC(=O)N(c4cccc(Cl)c4)C3=O)cc2Cl)c1. The Morgan fingerprint density at radius 3 is 2.38 bits per heavy atom. The van der Waals surface area contributed by atoms with E-state index in [4.69, 9.17) is 39.5 Å². The molecule has 3 aromatic carbocycles. The first-order chi connectivity index (χ1) is 15.3. The van der Waals surface area contributed by atoms with Gasteiger partial charge in [0.1, 0.15) is 6.61 Å². The van der Waals surface area contributed by atoms with E-state index in [1.807, 2.05) is 31.2 Å². The lowest BCUT2D eigenvalue weighted by Crippen LogP contribution is -2.27. The quantitative estimate of drug-likeness (QED) is 0.333. The van der Waals surface area contributed by atoms with E-state index in [0.29, 0.717) is 38.7 Å². The minimum atomic E-state index is -0.436. The van der Waals surface area contributed by atoms with Crippen molar-refractivity contribution >= 4 is 69.5 Å². The molecule has 0 atom stereocenters. The van der Waals surface area contributed by atoms with Crippen molar-refractivity contribution in [3.63, 3.8) is 0 Å². The summed E-state index contributed by atoms with van der Waals surface area (Å²) < 4.78 is 5.83. The van der Waals surface area contributed by atoms with Gasteiger partial charge in [-0.15, -0.1) is 0 Å². The molecule has 0 radical (unpaired) electrons. The van der Waals surface area contributed by atoms with Crippen LogP contribution in [0.3, 0.4) is 0 Å². The van der Waals surface area contributed by atoms with Crippen LogP contribution < -0.4 is 9.64 Å². The van der Waals surface area contributed by atoms with Crippen LogP contribution >= 0.6 is 46.6 Å². The van der Waals surface area contributed by atoms with E-state index in [-0.39, 0.29) is 4.91 Å². The van der Waals surface area contributed by atoms with Gasteiger partial charge in [0.25, 0.3) is 11.1 Å². The van der Waals surface area contributed by atoms with Gasteiger partial charge in [-0.2, -0.15) is 0 Å². The lowest BCUT2D eigenvalue weighted by Gasteiger charge is -2.12. The highest BCUT2D eigenvalue weighted by Gasteiger charge is 2.36. The fraction of sp³-hybridized carbons (Fsp3) is 0.0833. The van der Waals surface area contributed by atoms with Gasteiger partial charge >= 0.3 is 0 Å². The molecule has 0 unspecified atom stereocenters. The number of thioether (sulfide) groups is 1. The van der Waals surface area contributed by atoms with Crippen molar-refractivity contribution in [3.8, 4) is 5.75 Å². The predicted octanol–water partition coefficient (Wildman–Crippen LogP) is 7.78. The summed E-state index contributed by atoms with van der Waals surface area (Å²) in [5.74, 6) is -0.0756. The number of rotatable bonds is 5. The van der Waals surface area contributed by atoms with E-state index in [1.54, 1.807) is 42.5 Å². The molecule has 1 aliphatic heterocycles. The molecule has 0 aliphatic carbocycles. The molecule has 4 nitrogen and oxygen atoms in total. The summed E-state index contributed by atoms with van der Waals surface area (Å²) in [6, 6.07) is 17.8. The van der Waals surface area contributed by atoms with E-state index < -0.39 is 11.1 Å². The van der Waals surface area contributed by atoms with Crippen molar-refractivity contribution < 1.29 is 14.3 Å². The zero-order chi connectivity index (χ0) is 22.8. The molecule has 0 N–H and O–H groups in total. The average molecular weight is 505 g/mol. The third-order valence-electron chi connectivity index (χ3n) is 4.64. The summed E-state index contributed by atoms with van der Waals surface area (Å²) in [5.41, 5.74) is 3.13. The minimum absolute atomic E-state index is 0.260. The molecule has 2 amide bonds. The number of imide groups is 1. The molecule has 1 heterocycles. The molecule has 8 heteroatoms. The Bertz CT molecular complexity index is 1240. The number of nitrogens with zero attached hydrogens (tertiary/aromatic N) is 1. The lowest BCUT2D eigenvalue weighted by atomic mass is 10.1. The molecular formula is C24H16Cl3NO3S. The van der Waals surface area contributed by atoms with E-state index in [1.165, 1.54) is 0 Å². The van der Waals surface area contributed by atoms with Crippen molar-refractivity contribution in [2.45, 2.75) is 13.5 Å². The van der Waals surface area contributed by atoms with Crippen LogP contribution in [0.2, 0.25) is 15.1 Å². The first-order valence-corrected chi connectivity index (χ1v) is 11.5. The minimum Gasteiger partial charge on any atom is -0.486 e. The molecule has 0 aromatic heterocycles. The summed E-state index contributed by atoms with van der Waals surface area (Å²) in [4.78, 5) is 26.6. The van der Waals surface area contributed by atoms with Crippen LogP contribution in [-0.2, 0) is 11.4 Å². The fourth-order valence-corrected chi connectivity index (χ4v) is 4.85. The van der Waals surface area contributed by atoms with Crippen molar-refractivity contribution in [2.75, 3.05) is 4.90 Å². The van der Waals surface area contributed by atoms with Gasteiger partial charge < -0.3 is 4.74 Å². The standard InChI is InChI=1S/C24H16Cl3NO3S/c1-14-4-2-5-15(8-14)13-31-22-19(26)9-16(10-20(22)27)11-21-23(29)28(24(30)32-21)18-7-3-6-17(25)12-18/h2-12H,13H2,1H3/b21-11+. The van der Waals surface area contributed by atoms with Gasteiger partial charge in [-0.1, -0.05) is 70.7 Å². The Kier molecular flexibility index (Phi) is 6.82. The van der Waals surface area contributed by atoms with Crippen LogP contribution in [0.15, 0.2) is 65.6 Å². The van der Waals surface area contributed by atoms with Gasteiger partial charge in [0.05, 0.1) is 20.6 Å². The third kappa shape index (κ3) is 4.97. The Morgan fingerprint density at radius 2 is 1.69 bits per heavy atom. The molecule has 32 heavy (non-hydrogen) atoms. The molecular weight excluding hydrogens is 489 g/mol. The van der Waals surface area contributed by atoms with Gasteiger partial charge in [0, 0.05) is 5.02 Å². The van der Waals surface area contributed by atoms with E-state index in [0.717, 1.165) is 27.8 Å². The Balaban J connectivity index is 1.55. The number of amides is 2. The summed E-state index contributed by atoms with van der Waals surface area (Å²) >= 11 is 19.6. The number of hydrogen-bond acceptors (Lipinski definition) is 4. The molecule has 0 spiro atoms. The third-order valence-corrected chi connectivity index (χ3v) is 6.31. The van der Waals surface area contributed by atoms with Crippen LogP contribution in [0.4, 0.5) is 10.5 Å². The maximum Gasteiger partial charge on any atom is 0.298 e. The largest absolute Gasteiger partial charge is 0.486 e. The number of aryl methyl sites for hydroxylation is 1. The first kappa shape index (κ1) is 22.7. The Labute approximate surface area is 204 Å². The smallest absolute Gasteiger partial charge is 0.298 e. The topological polar surface area (TPSA) is 46.6 Å². The lowest BCUT2D eigenvalue weighted by molar-refractivity contribution is -0.113.